The molecule has 1 aromatic carbocycles. The van der Waals surface area contributed by atoms with E-state index in [1.807, 2.05) is 0 Å². The SMILES string of the molecule is COc1ccc(OCC(=O)N(C)CC(=O)N2CCCC(C(=O)O)C2)cc1. The fourth-order valence-corrected chi connectivity index (χ4v) is 2.72. The summed E-state index contributed by atoms with van der Waals surface area (Å²) >= 11 is 0. The number of aliphatic carboxylic acids is 1. The number of nitrogens with zero attached hydrogens (tertiary/aromatic N) is 2. The van der Waals surface area contributed by atoms with Gasteiger partial charge in [0, 0.05) is 20.1 Å². The van der Waals surface area contributed by atoms with E-state index in [0.29, 0.717) is 30.9 Å². The molecule has 0 aromatic heterocycles. The van der Waals surface area contributed by atoms with E-state index in [1.54, 1.807) is 31.4 Å². The number of carboxylic acid groups (broad SMARTS) is 1. The Kier molecular flexibility index (Phi) is 6.82. The summed E-state index contributed by atoms with van der Waals surface area (Å²) in [6.07, 6.45) is 1.23. The first-order chi connectivity index (χ1) is 12.4. The largest absolute Gasteiger partial charge is 0.497 e. The number of likely N-dealkylation sites (N-methyl/N-ethyl adjacent to an activating group) is 1. The van der Waals surface area contributed by atoms with Crippen LogP contribution in [-0.2, 0) is 14.4 Å². The number of carboxylic acids is 1. The summed E-state index contributed by atoms with van der Waals surface area (Å²) in [7, 11) is 3.09. The van der Waals surface area contributed by atoms with Gasteiger partial charge in [0.1, 0.15) is 11.5 Å². The molecule has 8 heteroatoms. The summed E-state index contributed by atoms with van der Waals surface area (Å²) in [5.41, 5.74) is 0. The van der Waals surface area contributed by atoms with Crippen LogP contribution in [-0.4, -0.2) is 73.1 Å². The predicted octanol–water partition coefficient (Wildman–Crippen LogP) is 0.856. The third kappa shape index (κ3) is 5.37. The van der Waals surface area contributed by atoms with E-state index in [0.717, 1.165) is 0 Å². The van der Waals surface area contributed by atoms with Crippen molar-refractivity contribution in [2.45, 2.75) is 12.8 Å². The molecule has 1 atom stereocenters. The van der Waals surface area contributed by atoms with Crippen LogP contribution in [0.25, 0.3) is 0 Å². The molecule has 0 radical (unpaired) electrons. The summed E-state index contributed by atoms with van der Waals surface area (Å²) in [4.78, 5) is 38.3. The first kappa shape index (κ1) is 19.6. The Hall–Kier alpha value is -2.77. The molecule has 8 nitrogen and oxygen atoms in total. The zero-order valence-electron chi connectivity index (χ0n) is 15.0. The molecule has 1 aromatic rings. The first-order valence-corrected chi connectivity index (χ1v) is 8.42. The number of rotatable bonds is 7. The highest BCUT2D eigenvalue weighted by atomic mass is 16.5. The van der Waals surface area contributed by atoms with Crippen molar-refractivity contribution >= 4 is 17.8 Å². The molecular weight excluding hydrogens is 340 g/mol. The van der Waals surface area contributed by atoms with Crippen molar-refractivity contribution in [3.05, 3.63) is 24.3 Å². The average Bonchev–Trinajstić information content (AvgIpc) is 2.66. The number of carbonyl (C=O) groups is 3. The van der Waals surface area contributed by atoms with E-state index >= 15 is 0 Å². The van der Waals surface area contributed by atoms with E-state index in [4.69, 9.17) is 14.6 Å². The maximum Gasteiger partial charge on any atom is 0.308 e. The minimum absolute atomic E-state index is 0.100. The lowest BCUT2D eigenvalue weighted by Crippen LogP contribution is -2.47. The molecule has 26 heavy (non-hydrogen) atoms. The lowest BCUT2D eigenvalue weighted by atomic mass is 9.98. The lowest BCUT2D eigenvalue weighted by molar-refractivity contribution is -0.147. The minimum Gasteiger partial charge on any atom is -0.497 e. The Bertz CT molecular complexity index is 646. The predicted molar refractivity (Wildman–Crippen MR) is 93.1 cm³/mol. The van der Waals surface area contributed by atoms with Crippen LogP contribution in [0.1, 0.15) is 12.8 Å². The number of ether oxygens (including phenoxy) is 2. The number of benzene rings is 1. The Morgan fingerprint density at radius 2 is 1.88 bits per heavy atom. The molecule has 1 saturated heterocycles. The standard InChI is InChI=1S/C18H24N2O6/c1-19(11-16(21)20-9-3-4-13(10-20)18(23)24)17(22)12-26-15-7-5-14(25-2)6-8-15/h5-8,13H,3-4,9-12H2,1-2H3,(H,23,24). The molecule has 1 fully saturated rings. The number of piperidine rings is 1. The first-order valence-electron chi connectivity index (χ1n) is 8.42. The highest BCUT2D eigenvalue weighted by Crippen LogP contribution is 2.18. The Morgan fingerprint density at radius 3 is 2.50 bits per heavy atom. The zero-order chi connectivity index (χ0) is 19.1. The van der Waals surface area contributed by atoms with Gasteiger partial charge in [-0.1, -0.05) is 0 Å². The van der Waals surface area contributed by atoms with Crippen molar-refractivity contribution in [3.63, 3.8) is 0 Å². The summed E-state index contributed by atoms with van der Waals surface area (Å²) in [6.45, 7) is 0.427. The molecule has 0 saturated carbocycles. The monoisotopic (exact) mass is 364 g/mol. The topological polar surface area (TPSA) is 96.4 Å². The molecule has 1 N–H and O–H groups in total. The number of carbonyl (C=O) groups excluding carboxylic acids is 2. The molecule has 0 aliphatic carbocycles. The molecule has 142 valence electrons. The smallest absolute Gasteiger partial charge is 0.308 e. The van der Waals surface area contributed by atoms with E-state index in [9.17, 15) is 14.4 Å². The van der Waals surface area contributed by atoms with Gasteiger partial charge in [0.25, 0.3) is 5.91 Å². The second kappa shape index (κ2) is 9.07. The number of hydrogen-bond acceptors (Lipinski definition) is 5. The fourth-order valence-electron chi connectivity index (χ4n) is 2.72. The van der Waals surface area contributed by atoms with Gasteiger partial charge >= 0.3 is 5.97 Å². The van der Waals surface area contributed by atoms with Crippen LogP contribution in [0.3, 0.4) is 0 Å². The third-order valence-electron chi connectivity index (χ3n) is 4.34. The maximum absolute atomic E-state index is 12.3. The molecule has 1 unspecified atom stereocenters. The number of amides is 2. The van der Waals surface area contributed by atoms with Gasteiger partial charge in [0.2, 0.25) is 5.91 Å². The molecular formula is C18H24N2O6. The normalized spacial score (nSPS) is 16.7. The van der Waals surface area contributed by atoms with Gasteiger partial charge in [-0.15, -0.1) is 0 Å². The van der Waals surface area contributed by atoms with Gasteiger partial charge in [0.15, 0.2) is 6.61 Å². The van der Waals surface area contributed by atoms with Crippen LogP contribution >= 0.6 is 0 Å². The van der Waals surface area contributed by atoms with Crippen LogP contribution in [0.5, 0.6) is 11.5 Å². The van der Waals surface area contributed by atoms with Crippen LogP contribution in [0.4, 0.5) is 0 Å². The molecule has 1 aliphatic heterocycles. The van der Waals surface area contributed by atoms with E-state index in [2.05, 4.69) is 0 Å². The van der Waals surface area contributed by atoms with Crippen LogP contribution in [0, 0.1) is 5.92 Å². The van der Waals surface area contributed by atoms with Gasteiger partial charge < -0.3 is 24.4 Å². The van der Waals surface area contributed by atoms with Crippen molar-refractivity contribution in [3.8, 4) is 11.5 Å². The molecule has 1 aliphatic rings. The Morgan fingerprint density at radius 1 is 1.23 bits per heavy atom. The maximum atomic E-state index is 12.3. The Balaban J connectivity index is 1.80. The number of methoxy groups -OCH3 is 1. The molecule has 0 bridgehead atoms. The summed E-state index contributed by atoms with van der Waals surface area (Å²) < 4.78 is 10.5. The summed E-state index contributed by atoms with van der Waals surface area (Å²) in [5.74, 6) is -0.795. The van der Waals surface area contributed by atoms with E-state index in [-0.39, 0.29) is 31.5 Å². The summed E-state index contributed by atoms with van der Waals surface area (Å²) in [6, 6.07) is 6.83. The number of hydrogen-bond donors (Lipinski definition) is 1. The summed E-state index contributed by atoms with van der Waals surface area (Å²) in [5, 5.41) is 9.09. The van der Waals surface area contributed by atoms with E-state index in [1.165, 1.54) is 16.8 Å². The molecule has 0 spiro atoms. The highest BCUT2D eigenvalue weighted by molar-refractivity contribution is 5.85. The second-order valence-electron chi connectivity index (χ2n) is 6.23. The van der Waals surface area contributed by atoms with Gasteiger partial charge in [-0.05, 0) is 37.1 Å². The molecule has 2 amide bonds. The van der Waals surface area contributed by atoms with Gasteiger partial charge in [-0.3, -0.25) is 14.4 Å². The fraction of sp³-hybridized carbons (Fsp3) is 0.500. The van der Waals surface area contributed by atoms with Crippen molar-refractivity contribution in [1.82, 2.24) is 9.80 Å². The van der Waals surface area contributed by atoms with Crippen molar-refractivity contribution in [2.75, 3.05) is 40.4 Å². The third-order valence-corrected chi connectivity index (χ3v) is 4.34. The van der Waals surface area contributed by atoms with Gasteiger partial charge in [-0.2, -0.15) is 0 Å². The molecule has 2 rings (SSSR count). The van der Waals surface area contributed by atoms with Crippen molar-refractivity contribution in [1.29, 1.82) is 0 Å². The highest BCUT2D eigenvalue weighted by Gasteiger charge is 2.28. The van der Waals surface area contributed by atoms with Crippen molar-refractivity contribution < 1.29 is 29.0 Å². The van der Waals surface area contributed by atoms with Gasteiger partial charge in [0.05, 0.1) is 19.6 Å². The van der Waals surface area contributed by atoms with Crippen molar-refractivity contribution in [2.24, 2.45) is 5.92 Å². The minimum atomic E-state index is -0.889. The van der Waals surface area contributed by atoms with E-state index < -0.39 is 11.9 Å². The van der Waals surface area contributed by atoms with Crippen LogP contribution < -0.4 is 9.47 Å². The zero-order valence-corrected chi connectivity index (χ0v) is 15.0. The van der Waals surface area contributed by atoms with Crippen LogP contribution in [0.15, 0.2) is 24.3 Å². The van der Waals surface area contributed by atoms with Gasteiger partial charge in [-0.25, -0.2) is 0 Å². The lowest BCUT2D eigenvalue weighted by Gasteiger charge is -2.32. The quantitative estimate of drug-likeness (QED) is 0.771. The second-order valence-corrected chi connectivity index (χ2v) is 6.23. The van der Waals surface area contributed by atoms with Crippen LogP contribution in [0.2, 0.25) is 0 Å². The Labute approximate surface area is 152 Å². The average molecular weight is 364 g/mol. The number of likely N-dealkylation sites (tertiary alicyclic amines) is 1. The molecule has 1 heterocycles.